The number of nitrogens with zero attached hydrogens (tertiary/aromatic N) is 4. The second-order valence-electron chi connectivity index (χ2n) is 10.6. The van der Waals surface area contributed by atoms with Crippen molar-refractivity contribution < 1.29 is 4.79 Å². The van der Waals surface area contributed by atoms with Crippen LogP contribution in [0.25, 0.3) is 16.7 Å². The van der Waals surface area contributed by atoms with Crippen LogP contribution in [0, 0.1) is 0 Å². The molecule has 1 aromatic carbocycles. The molecule has 0 bridgehead atoms. The van der Waals surface area contributed by atoms with Crippen LogP contribution in [0.3, 0.4) is 0 Å². The van der Waals surface area contributed by atoms with E-state index in [9.17, 15) is 4.79 Å². The van der Waals surface area contributed by atoms with Gasteiger partial charge in [-0.2, -0.15) is 0 Å². The Balaban J connectivity index is 1.26. The van der Waals surface area contributed by atoms with Crippen LogP contribution in [0.4, 0.5) is 17.2 Å². The molecule has 3 aromatic rings. The Morgan fingerprint density at radius 3 is 2.53 bits per heavy atom. The zero-order valence-electron chi connectivity index (χ0n) is 22.2. The zero-order chi connectivity index (χ0) is 25.9. The van der Waals surface area contributed by atoms with Gasteiger partial charge in [-0.15, -0.1) is 0 Å². The van der Waals surface area contributed by atoms with E-state index in [1.165, 1.54) is 31.2 Å². The molecule has 0 atom stereocenters. The van der Waals surface area contributed by atoms with Crippen LogP contribution in [-0.2, 0) is 11.3 Å². The molecule has 0 saturated carbocycles. The number of rotatable bonds is 7. The highest BCUT2D eigenvalue weighted by Gasteiger charge is 2.25. The molecule has 0 aliphatic carbocycles. The Labute approximate surface area is 225 Å². The fourth-order valence-corrected chi connectivity index (χ4v) is 5.87. The second kappa shape index (κ2) is 11.0. The molecule has 3 aliphatic rings. The summed E-state index contributed by atoms with van der Waals surface area (Å²) in [4.78, 5) is 27.6. The Hall–Kier alpha value is -3.71. The molecule has 5 heterocycles. The lowest BCUT2D eigenvalue weighted by molar-refractivity contribution is -0.111. The average Bonchev–Trinajstić information content (AvgIpc) is 3.68. The molecular weight excluding hydrogens is 472 g/mol. The van der Waals surface area contributed by atoms with E-state index in [-0.39, 0.29) is 5.91 Å². The molecule has 0 radical (unpaired) electrons. The number of carbonyl (C=O) groups is 1. The van der Waals surface area contributed by atoms with E-state index >= 15 is 0 Å². The first-order valence-electron chi connectivity index (χ1n) is 14.0. The Bertz CT molecular complexity index is 1340. The van der Waals surface area contributed by atoms with E-state index in [2.05, 4.69) is 61.6 Å². The molecule has 7 heteroatoms. The minimum absolute atomic E-state index is 0.0848. The van der Waals surface area contributed by atoms with Crippen LogP contribution in [0.1, 0.15) is 50.2 Å². The molecule has 2 saturated heterocycles. The summed E-state index contributed by atoms with van der Waals surface area (Å²) >= 11 is 0. The third-order valence-electron chi connectivity index (χ3n) is 7.96. The predicted molar refractivity (Wildman–Crippen MR) is 154 cm³/mol. The highest BCUT2D eigenvalue weighted by atomic mass is 16.1. The lowest BCUT2D eigenvalue weighted by atomic mass is 9.90. The number of carbonyl (C=O) groups excluding carboxylic acids is 1. The number of amides is 1. The molecule has 0 unspecified atom stereocenters. The summed E-state index contributed by atoms with van der Waals surface area (Å²) in [5.41, 5.74) is 7.89. The van der Waals surface area contributed by atoms with Crippen molar-refractivity contribution >= 4 is 28.7 Å². The van der Waals surface area contributed by atoms with Gasteiger partial charge >= 0.3 is 0 Å². The summed E-state index contributed by atoms with van der Waals surface area (Å²) in [5.74, 6) is 0.893. The number of aromatic nitrogens is 2. The van der Waals surface area contributed by atoms with Crippen LogP contribution in [0.15, 0.2) is 60.6 Å². The number of pyridine rings is 2. The maximum atomic E-state index is 13.7. The lowest BCUT2D eigenvalue weighted by Crippen LogP contribution is -2.23. The topological polar surface area (TPSA) is 73.4 Å². The van der Waals surface area contributed by atoms with Gasteiger partial charge in [-0.3, -0.25) is 14.7 Å². The highest BCUT2D eigenvalue weighted by molar-refractivity contribution is 6.28. The fourth-order valence-electron chi connectivity index (χ4n) is 5.87. The van der Waals surface area contributed by atoms with Gasteiger partial charge < -0.3 is 15.5 Å². The first-order chi connectivity index (χ1) is 18.7. The summed E-state index contributed by atoms with van der Waals surface area (Å²) in [6.07, 6.45) is 11.4. The molecule has 3 aliphatic heterocycles. The number of benzene rings is 1. The molecule has 6 rings (SSSR count). The molecule has 2 fully saturated rings. The van der Waals surface area contributed by atoms with E-state index in [1.807, 2.05) is 24.5 Å². The highest BCUT2D eigenvalue weighted by Crippen LogP contribution is 2.36. The molecule has 38 heavy (non-hydrogen) atoms. The average molecular weight is 509 g/mol. The van der Waals surface area contributed by atoms with Crippen LogP contribution in [0.2, 0.25) is 0 Å². The zero-order valence-corrected chi connectivity index (χ0v) is 22.2. The van der Waals surface area contributed by atoms with Crippen LogP contribution in [0.5, 0.6) is 0 Å². The van der Waals surface area contributed by atoms with Crippen molar-refractivity contribution in [1.29, 1.82) is 0 Å². The van der Waals surface area contributed by atoms with Gasteiger partial charge in [0.1, 0.15) is 5.82 Å². The van der Waals surface area contributed by atoms with Crippen LogP contribution >= 0.6 is 0 Å². The van der Waals surface area contributed by atoms with Crippen molar-refractivity contribution in [3.05, 3.63) is 71.7 Å². The quantitative estimate of drug-likeness (QED) is 0.435. The summed E-state index contributed by atoms with van der Waals surface area (Å²) in [7, 11) is 0. The van der Waals surface area contributed by atoms with Gasteiger partial charge in [0.2, 0.25) is 0 Å². The number of nitrogens with one attached hydrogen (secondary N) is 2. The first kappa shape index (κ1) is 24.6. The fraction of sp³-hybridized carbons (Fsp3) is 0.387. The van der Waals surface area contributed by atoms with Gasteiger partial charge in [0.25, 0.3) is 5.91 Å². The molecule has 0 spiro atoms. The van der Waals surface area contributed by atoms with Gasteiger partial charge in [-0.05, 0) is 92.2 Å². The minimum Gasteiger partial charge on any atom is -0.381 e. The number of fused-ring (bicyclic) bond motifs is 1. The van der Waals surface area contributed by atoms with E-state index < -0.39 is 0 Å². The Morgan fingerprint density at radius 1 is 0.947 bits per heavy atom. The van der Waals surface area contributed by atoms with Gasteiger partial charge in [0, 0.05) is 61.0 Å². The van der Waals surface area contributed by atoms with E-state index in [4.69, 9.17) is 0 Å². The maximum Gasteiger partial charge on any atom is 0.256 e. The Morgan fingerprint density at radius 2 is 1.76 bits per heavy atom. The molecule has 1 amide bonds. The minimum atomic E-state index is -0.0848. The molecule has 7 nitrogen and oxygen atoms in total. The number of likely N-dealkylation sites (tertiary alicyclic amines) is 1. The third kappa shape index (κ3) is 5.16. The van der Waals surface area contributed by atoms with Gasteiger partial charge in [0.15, 0.2) is 0 Å². The molecule has 196 valence electrons. The van der Waals surface area contributed by atoms with Gasteiger partial charge in [-0.25, -0.2) is 4.98 Å². The number of hydrogen-bond acceptors (Lipinski definition) is 6. The maximum absolute atomic E-state index is 13.7. The van der Waals surface area contributed by atoms with Gasteiger partial charge in [-0.1, -0.05) is 13.0 Å². The first-order valence-corrected chi connectivity index (χ1v) is 14.0. The van der Waals surface area contributed by atoms with Crippen molar-refractivity contribution in [2.75, 3.05) is 48.3 Å². The SMILES string of the molecule is CCC1=C(C(=O)Nc2ccc(N3CCCC3)nc2)c2cc(-c3cncc(CN4CCCC4)c3)ccc2NC1. The van der Waals surface area contributed by atoms with Crippen molar-refractivity contribution in [2.24, 2.45) is 0 Å². The monoisotopic (exact) mass is 508 g/mol. The van der Waals surface area contributed by atoms with Crippen molar-refractivity contribution in [1.82, 2.24) is 14.9 Å². The van der Waals surface area contributed by atoms with Crippen molar-refractivity contribution in [2.45, 2.75) is 45.6 Å². The third-order valence-corrected chi connectivity index (χ3v) is 7.96. The lowest BCUT2D eigenvalue weighted by Gasteiger charge is -2.25. The van der Waals surface area contributed by atoms with Crippen LogP contribution < -0.4 is 15.5 Å². The summed E-state index contributed by atoms with van der Waals surface area (Å²) < 4.78 is 0. The predicted octanol–water partition coefficient (Wildman–Crippen LogP) is 5.57. The second-order valence-corrected chi connectivity index (χ2v) is 10.6. The molecular formula is C31H36N6O. The standard InChI is InChI=1S/C31H36N6O/c1-2-23-19-33-28-9-7-24(25-15-22(17-32-18-25)21-36-11-3-4-12-36)16-27(28)30(23)31(38)35-26-8-10-29(34-20-26)37-13-5-6-14-37/h7-10,15-18,20,33H,2-6,11-14,19,21H2,1H3,(H,35,38). The molecule has 2 N–H and O–H groups in total. The number of anilines is 3. The van der Waals surface area contributed by atoms with E-state index in [1.54, 1.807) is 6.20 Å². The summed E-state index contributed by atoms with van der Waals surface area (Å²) in [6, 6.07) is 12.5. The van der Waals surface area contributed by atoms with E-state index in [0.717, 1.165) is 84.2 Å². The van der Waals surface area contributed by atoms with Crippen molar-refractivity contribution in [3.63, 3.8) is 0 Å². The van der Waals surface area contributed by atoms with Crippen molar-refractivity contribution in [3.8, 4) is 11.1 Å². The Kier molecular flexibility index (Phi) is 7.10. The normalized spacial score (nSPS) is 17.4. The molecule has 2 aromatic heterocycles. The van der Waals surface area contributed by atoms with E-state index in [0.29, 0.717) is 6.54 Å². The van der Waals surface area contributed by atoms with Crippen LogP contribution in [-0.4, -0.2) is 53.5 Å². The summed E-state index contributed by atoms with van der Waals surface area (Å²) in [5, 5.41) is 6.63. The van der Waals surface area contributed by atoms with Gasteiger partial charge in [0.05, 0.1) is 11.9 Å². The summed E-state index contributed by atoms with van der Waals surface area (Å²) in [6.45, 7) is 8.14. The largest absolute Gasteiger partial charge is 0.381 e. The number of hydrogen-bond donors (Lipinski definition) is 2. The smallest absolute Gasteiger partial charge is 0.256 e.